The maximum absolute atomic E-state index is 12.3. The highest BCUT2D eigenvalue weighted by molar-refractivity contribution is 7.98. The fraction of sp³-hybridized carbons (Fsp3) is 0.818. The molecule has 0 radical (unpaired) electrons. The van der Waals surface area contributed by atoms with Gasteiger partial charge in [-0.3, -0.25) is 9.69 Å². The Morgan fingerprint density at radius 3 is 2.71 bits per heavy atom. The summed E-state index contributed by atoms with van der Waals surface area (Å²) in [6.45, 7) is 2.13. The van der Waals surface area contributed by atoms with Crippen LogP contribution in [0.3, 0.4) is 0 Å². The molecule has 6 heteroatoms. The van der Waals surface area contributed by atoms with E-state index in [9.17, 15) is 9.59 Å². The van der Waals surface area contributed by atoms with Gasteiger partial charge in [0.2, 0.25) is 0 Å². The number of nitrogens with zero attached hydrogens (tertiary/aromatic N) is 1. The van der Waals surface area contributed by atoms with Crippen molar-refractivity contribution in [2.75, 3.05) is 31.6 Å². The number of carbonyl (C=O) groups excluding carboxylic acids is 2. The standard InChI is InChI=1S/C11H19N3O2S/c1-17-8-2-7-14-9(15)11(13-10(14)16)3-5-12-6-4-11/h12H,2-8H2,1H3,(H,13,16). The molecule has 1 spiro atoms. The number of piperidine rings is 1. The molecular formula is C11H19N3O2S. The Morgan fingerprint density at radius 2 is 2.06 bits per heavy atom. The monoisotopic (exact) mass is 257 g/mol. The van der Waals surface area contributed by atoms with Gasteiger partial charge >= 0.3 is 6.03 Å². The number of rotatable bonds is 4. The molecule has 17 heavy (non-hydrogen) atoms. The van der Waals surface area contributed by atoms with Crippen LogP contribution in [0.25, 0.3) is 0 Å². The van der Waals surface area contributed by atoms with E-state index in [0.717, 1.165) is 25.3 Å². The molecule has 2 fully saturated rings. The average molecular weight is 257 g/mol. The van der Waals surface area contributed by atoms with Gasteiger partial charge in [0.25, 0.3) is 5.91 Å². The quantitative estimate of drug-likeness (QED) is 0.566. The Morgan fingerprint density at radius 1 is 1.35 bits per heavy atom. The number of hydrogen-bond acceptors (Lipinski definition) is 4. The predicted molar refractivity (Wildman–Crippen MR) is 68.1 cm³/mol. The second kappa shape index (κ2) is 5.27. The average Bonchev–Trinajstić information content (AvgIpc) is 2.55. The van der Waals surface area contributed by atoms with Crippen LogP contribution in [-0.4, -0.2) is 54.0 Å². The molecule has 2 aliphatic rings. The van der Waals surface area contributed by atoms with E-state index in [1.165, 1.54) is 4.90 Å². The van der Waals surface area contributed by atoms with Crippen LogP contribution < -0.4 is 10.6 Å². The first-order valence-electron chi connectivity index (χ1n) is 6.03. The SMILES string of the molecule is CSCCCN1C(=O)NC2(CCNCC2)C1=O. The number of amides is 3. The van der Waals surface area contributed by atoms with Gasteiger partial charge in [0.15, 0.2) is 0 Å². The van der Waals surface area contributed by atoms with E-state index in [1.54, 1.807) is 11.8 Å². The molecule has 3 amide bonds. The van der Waals surface area contributed by atoms with E-state index in [4.69, 9.17) is 0 Å². The molecular weight excluding hydrogens is 238 g/mol. The third-order valence-electron chi connectivity index (χ3n) is 3.43. The molecule has 2 N–H and O–H groups in total. The summed E-state index contributed by atoms with van der Waals surface area (Å²) in [6, 6.07) is -0.210. The van der Waals surface area contributed by atoms with Crippen LogP contribution in [0.1, 0.15) is 19.3 Å². The van der Waals surface area contributed by atoms with E-state index >= 15 is 0 Å². The molecule has 0 bridgehead atoms. The number of carbonyl (C=O) groups is 2. The van der Waals surface area contributed by atoms with Gasteiger partial charge in [0.05, 0.1) is 0 Å². The summed E-state index contributed by atoms with van der Waals surface area (Å²) >= 11 is 1.73. The molecule has 5 nitrogen and oxygen atoms in total. The third kappa shape index (κ3) is 2.42. The topological polar surface area (TPSA) is 61.4 Å². The lowest BCUT2D eigenvalue weighted by Gasteiger charge is -2.31. The van der Waals surface area contributed by atoms with Gasteiger partial charge in [0, 0.05) is 6.54 Å². The minimum absolute atomic E-state index is 0.0231. The van der Waals surface area contributed by atoms with Gasteiger partial charge in [0.1, 0.15) is 5.54 Å². The van der Waals surface area contributed by atoms with Crippen molar-refractivity contribution in [3.05, 3.63) is 0 Å². The number of nitrogens with one attached hydrogen (secondary N) is 2. The van der Waals surface area contributed by atoms with Crippen LogP contribution in [0.4, 0.5) is 4.79 Å². The molecule has 0 unspecified atom stereocenters. The van der Waals surface area contributed by atoms with Crippen molar-refractivity contribution in [1.29, 1.82) is 0 Å². The summed E-state index contributed by atoms with van der Waals surface area (Å²) in [4.78, 5) is 25.5. The Balaban J connectivity index is 2.00. The van der Waals surface area contributed by atoms with Gasteiger partial charge in [-0.25, -0.2) is 4.79 Å². The van der Waals surface area contributed by atoms with Crippen molar-refractivity contribution in [2.24, 2.45) is 0 Å². The fourth-order valence-corrected chi connectivity index (χ4v) is 2.86. The second-order valence-electron chi connectivity index (χ2n) is 4.57. The van der Waals surface area contributed by atoms with Crippen LogP contribution in [0, 0.1) is 0 Å². The number of urea groups is 1. The lowest BCUT2D eigenvalue weighted by atomic mass is 9.88. The summed E-state index contributed by atoms with van der Waals surface area (Å²) < 4.78 is 0. The van der Waals surface area contributed by atoms with Crippen molar-refractivity contribution >= 4 is 23.7 Å². The Bertz CT molecular complexity index is 316. The number of thioether (sulfide) groups is 1. The number of hydrogen-bond donors (Lipinski definition) is 2. The summed E-state index contributed by atoms with van der Waals surface area (Å²) in [7, 11) is 0. The normalized spacial score (nSPS) is 23.2. The highest BCUT2D eigenvalue weighted by Gasteiger charge is 2.50. The highest BCUT2D eigenvalue weighted by atomic mass is 32.2. The van der Waals surface area contributed by atoms with Crippen molar-refractivity contribution < 1.29 is 9.59 Å². The highest BCUT2D eigenvalue weighted by Crippen LogP contribution is 2.26. The largest absolute Gasteiger partial charge is 0.325 e. The molecule has 0 aromatic heterocycles. The van der Waals surface area contributed by atoms with Crippen molar-refractivity contribution in [1.82, 2.24) is 15.5 Å². The zero-order valence-corrected chi connectivity index (χ0v) is 10.9. The lowest BCUT2D eigenvalue weighted by molar-refractivity contribution is -0.132. The van der Waals surface area contributed by atoms with Crippen molar-refractivity contribution in [2.45, 2.75) is 24.8 Å². The first-order valence-corrected chi connectivity index (χ1v) is 7.43. The van der Waals surface area contributed by atoms with Gasteiger partial charge in [-0.05, 0) is 44.4 Å². The predicted octanol–water partition coefficient (Wildman–Crippen LogP) is 0.413. The molecule has 0 aromatic carbocycles. The van der Waals surface area contributed by atoms with Crippen LogP contribution in [0.5, 0.6) is 0 Å². The second-order valence-corrected chi connectivity index (χ2v) is 5.55. The van der Waals surface area contributed by atoms with Gasteiger partial charge < -0.3 is 10.6 Å². The van der Waals surface area contributed by atoms with Crippen molar-refractivity contribution in [3.8, 4) is 0 Å². The molecule has 2 rings (SSSR count). The van der Waals surface area contributed by atoms with Gasteiger partial charge in [-0.1, -0.05) is 0 Å². The zero-order valence-electron chi connectivity index (χ0n) is 10.1. The summed E-state index contributed by atoms with van der Waals surface area (Å²) in [5.74, 6) is 0.955. The van der Waals surface area contributed by atoms with Crippen LogP contribution in [0.2, 0.25) is 0 Å². The summed E-state index contributed by atoms with van der Waals surface area (Å²) in [5, 5.41) is 6.10. The third-order valence-corrected chi connectivity index (χ3v) is 4.13. The van der Waals surface area contributed by atoms with Gasteiger partial charge in [-0.2, -0.15) is 11.8 Å². The molecule has 0 saturated carbocycles. The Kier molecular flexibility index (Phi) is 3.93. The summed E-state index contributed by atoms with van der Waals surface area (Å²) in [5.41, 5.74) is -0.609. The molecule has 0 aromatic rings. The molecule has 96 valence electrons. The molecule has 0 atom stereocenters. The molecule has 0 aliphatic carbocycles. The Labute approximate surface area is 106 Å². The molecule has 2 heterocycles. The van der Waals surface area contributed by atoms with E-state index in [0.29, 0.717) is 19.4 Å². The maximum atomic E-state index is 12.3. The number of imide groups is 1. The summed E-state index contributed by atoms with van der Waals surface area (Å²) in [6.07, 6.45) is 4.31. The minimum atomic E-state index is -0.609. The fourth-order valence-electron chi connectivity index (χ4n) is 2.44. The lowest BCUT2D eigenvalue weighted by Crippen LogP contribution is -2.53. The maximum Gasteiger partial charge on any atom is 0.325 e. The molecule has 2 saturated heterocycles. The zero-order chi connectivity index (χ0) is 12.3. The minimum Gasteiger partial charge on any atom is -0.323 e. The van der Waals surface area contributed by atoms with Crippen LogP contribution >= 0.6 is 11.8 Å². The first-order chi connectivity index (χ1) is 8.19. The van der Waals surface area contributed by atoms with E-state index in [1.807, 2.05) is 6.26 Å². The van der Waals surface area contributed by atoms with E-state index < -0.39 is 5.54 Å². The van der Waals surface area contributed by atoms with Crippen molar-refractivity contribution in [3.63, 3.8) is 0 Å². The Hall–Kier alpha value is -0.750. The molecule has 2 aliphatic heterocycles. The smallest absolute Gasteiger partial charge is 0.323 e. The van der Waals surface area contributed by atoms with Crippen LogP contribution in [0.15, 0.2) is 0 Å². The van der Waals surface area contributed by atoms with E-state index in [2.05, 4.69) is 10.6 Å². The van der Waals surface area contributed by atoms with Gasteiger partial charge in [-0.15, -0.1) is 0 Å². The van der Waals surface area contributed by atoms with Crippen LogP contribution in [-0.2, 0) is 4.79 Å². The first kappa shape index (κ1) is 12.7. The van der Waals surface area contributed by atoms with E-state index in [-0.39, 0.29) is 11.9 Å².